The SMILES string of the molecule is CNC(=O)CC(CN)N(C)CCN1CCCC1. The van der Waals surface area contributed by atoms with Crippen LogP contribution in [0.5, 0.6) is 0 Å². The van der Waals surface area contributed by atoms with Crippen molar-refractivity contribution < 1.29 is 4.79 Å². The smallest absolute Gasteiger partial charge is 0.221 e. The monoisotopic (exact) mass is 242 g/mol. The fourth-order valence-electron chi connectivity index (χ4n) is 2.22. The maximum atomic E-state index is 11.3. The molecule has 1 aliphatic heterocycles. The Balaban J connectivity index is 2.26. The van der Waals surface area contributed by atoms with E-state index in [1.807, 2.05) is 0 Å². The Kier molecular flexibility index (Phi) is 6.47. The molecule has 5 nitrogen and oxygen atoms in total. The lowest BCUT2D eigenvalue weighted by molar-refractivity contribution is -0.121. The maximum Gasteiger partial charge on any atom is 0.221 e. The minimum absolute atomic E-state index is 0.0634. The summed E-state index contributed by atoms with van der Waals surface area (Å²) in [4.78, 5) is 16.0. The molecule has 1 fully saturated rings. The van der Waals surface area contributed by atoms with E-state index in [-0.39, 0.29) is 11.9 Å². The molecule has 1 heterocycles. The summed E-state index contributed by atoms with van der Waals surface area (Å²) in [5.74, 6) is 0.0634. The number of likely N-dealkylation sites (N-methyl/N-ethyl adjacent to an activating group) is 1. The number of nitrogens with zero attached hydrogens (tertiary/aromatic N) is 2. The lowest BCUT2D eigenvalue weighted by atomic mass is 10.1. The second-order valence-electron chi connectivity index (χ2n) is 4.80. The van der Waals surface area contributed by atoms with Gasteiger partial charge in [0.25, 0.3) is 0 Å². The first-order valence-corrected chi connectivity index (χ1v) is 6.50. The van der Waals surface area contributed by atoms with Crippen molar-refractivity contribution in [3.63, 3.8) is 0 Å². The molecule has 0 saturated carbocycles. The molecule has 1 saturated heterocycles. The molecule has 5 heteroatoms. The van der Waals surface area contributed by atoms with E-state index < -0.39 is 0 Å². The van der Waals surface area contributed by atoms with E-state index in [1.54, 1.807) is 7.05 Å². The molecule has 3 N–H and O–H groups in total. The Hall–Kier alpha value is -0.650. The van der Waals surface area contributed by atoms with Gasteiger partial charge in [-0.05, 0) is 33.0 Å². The van der Waals surface area contributed by atoms with E-state index >= 15 is 0 Å². The molecule has 1 atom stereocenters. The Morgan fingerprint density at radius 2 is 2.12 bits per heavy atom. The van der Waals surface area contributed by atoms with Gasteiger partial charge in [0.15, 0.2) is 0 Å². The highest BCUT2D eigenvalue weighted by Gasteiger charge is 2.18. The molecule has 0 aromatic heterocycles. The van der Waals surface area contributed by atoms with Gasteiger partial charge in [0.1, 0.15) is 0 Å². The van der Waals surface area contributed by atoms with Crippen molar-refractivity contribution in [2.45, 2.75) is 25.3 Å². The topological polar surface area (TPSA) is 61.6 Å². The molecule has 1 amide bonds. The van der Waals surface area contributed by atoms with Crippen LogP contribution < -0.4 is 11.1 Å². The van der Waals surface area contributed by atoms with Gasteiger partial charge in [-0.1, -0.05) is 0 Å². The predicted octanol–water partition coefficient (Wildman–Crippen LogP) is -0.523. The zero-order chi connectivity index (χ0) is 12.7. The molecule has 0 aromatic rings. The molecule has 100 valence electrons. The minimum Gasteiger partial charge on any atom is -0.359 e. The molecule has 0 radical (unpaired) electrons. The third kappa shape index (κ3) is 5.02. The van der Waals surface area contributed by atoms with E-state index in [0.29, 0.717) is 13.0 Å². The highest BCUT2D eigenvalue weighted by atomic mass is 16.1. The van der Waals surface area contributed by atoms with Crippen molar-refractivity contribution in [2.24, 2.45) is 5.73 Å². The number of nitrogens with two attached hydrogens (primary N) is 1. The number of likely N-dealkylation sites (tertiary alicyclic amines) is 1. The van der Waals surface area contributed by atoms with E-state index in [2.05, 4.69) is 22.2 Å². The summed E-state index contributed by atoms with van der Waals surface area (Å²) >= 11 is 0. The molecule has 0 aromatic carbocycles. The fourth-order valence-corrected chi connectivity index (χ4v) is 2.22. The van der Waals surface area contributed by atoms with Gasteiger partial charge in [-0.2, -0.15) is 0 Å². The van der Waals surface area contributed by atoms with Crippen LogP contribution in [0.1, 0.15) is 19.3 Å². The third-order valence-corrected chi connectivity index (χ3v) is 3.56. The predicted molar refractivity (Wildman–Crippen MR) is 69.8 cm³/mol. The summed E-state index contributed by atoms with van der Waals surface area (Å²) < 4.78 is 0. The van der Waals surface area contributed by atoms with Crippen LogP contribution in [-0.2, 0) is 4.79 Å². The quantitative estimate of drug-likeness (QED) is 0.630. The van der Waals surface area contributed by atoms with Crippen LogP contribution in [0.3, 0.4) is 0 Å². The normalized spacial score (nSPS) is 18.6. The number of carbonyl (C=O) groups is 1. The molecular weight excluding hydrogens is 216 g/mol. The molecule has 1 aliphatic rings. The number of nitrogens with one attached hydrogen (secondary N) is 1. The number of carbonyl (C=O) groups excluding carboxylic acids is 1. The zero-order valence-electron chi connectivity index (χ0n) is 11.1. The summed E-state index contributed by atoms with van der Waals surface area (Å²) in [7, 11) is 3.72. The molecule has 0 spiro atoms. The van der Waals surface area contributed by atoms with Crippen molar-refractivity contribution in [3.05, 3.63) is 0 Å². The lowest BCUT2D eigenvalue weighted by Gasteiger charge is -2.28. The average molecular weight is 242 g/mol. The largest absolute Gasteiger partial charge is 0.359 e. The van der Waals surface area contributed by atoms with Gasteiger partial charge in [0.05, 0.1) is 0 Å². The Morgan fingerprint density at radius 3 is 2.65 bits per heavy atom. The van der Waals surface area contributed by atoms with Gasteiger partial charge in [-0.15, -0.1) is 0 Å². The second kappa shape index (κ2) is 7.63. The van der Waals surface area contributed by atoms with Crippen LogP contribution in [0.25, 0.3) is 0 Å². The first-order valence-electron chi connectivity index (χ1n) is 6.50. The number of amides is 1. The van der Waals surface area contributed by atoms with Crippen LogP contribution in [-0.4, -0.2) is 68.6 Å². The van der Waals surface area contributed by atoms with Crippen molar-refractivity contribution in [1.82, 2.24) is 15.1 Å². The van der Waals surface area contributed by atoms with Crippen LogP contribution in [0.15, 0.2) is 0 Å². The van der Waals surface area contributed by atoms with Gasteiger partial charge in [0, 0.05) is 39.1 Å². The van der Waals surface area contributed by atoms with Crippen LogP contribution in [0, 0.1) is 0 Å². The first kappa shape index (κ1) is 14.4. The van der Waals surface area contributed by atoms with E-state index in [1.165, 1.54) is 25.9 Å². The van der Waals surface area contributed by atoms with Crippen LogP contribution in [0.4, 0.5) is 0 Å². The summed E-state index contributed by atoms with van der Waals surface area (Å²) in [6.45, 7) is 5.04. The van der Waals surface area contributed by atoms with Crippen LogP contribution in [0.2, 0.25) is 0 Å². The second-order valence-corrected chi connectivity index (χ2v) is 4.80. The van der Waals surface area contributed by atoms with Crippen molar-refractivity contribution in [1.29, 1.82) is 0 Å². The van der Waals surface area contributed by atoms with Gasteiger partial charge in [0.2, 0.25) is 5.91 Å². The molecule has 0 aliphatic carbocycles. The summed E-state index contributed by atoms with van der Waals surface area (Å²) in [5.41, 5.74) is 5.73. The summed E-state index contributed by atoms with van der Waals surface area (Å²) in [6.07, 6.45) is 3.13. The van der Waals surface area contributed by atoms with Crippen LogP contribution >= 0.6 is 0 Å². The highest BCUT2D eigenvalue weighted by molar-refractivity contribution is 5.76. The van der Waals surface area contributed by atoms with Gasteiger partial charge < -0.3 is 20.9 Å². The Morgan fingerprint density at radius 1 is 1.47 bits per heavy atom. The van der Waals surface area contributed by atoms with Gasteiger partial charge >= 0.3 is 0 Å². The Labute approximate surface area is 104 Å². The molecule has 1 rings (SSSR count). The van der Waals surface area contributed by atoms with Crippen molar-refractivity contribution >= 4 is 5.91 Å². The number of rotatable bonds is 7. The third-order valence-electron chi connectivity index (χ3n) is 3.56. The molecule has 0 bridgehead atoms. The standard InChI is InChI=1S/C12H26N4O/c1-14-12(17)9-11(10-13)15(2)7-8-16-5-3-4-6-16/h11H,3-10,13H2,1-2H3,(H,14,17). The number of hydrogen-bond acceptors (Lipinski definition) is 4. The number of hydrogen-bond donors (Lipinski definition) is 2. The zero-order valence-corrected chi connectivity index (χ0v) is 11.1. The average Bonchev–Trinajstić information content (AvgIpc) is 2.85. The van der Waals surface area contributed by atoms with Gasteiger partial charge in [-0.3, -0.25) is 4.79 Å². The van der Waals surface area contributed by atoms with E-state index in [9.17, 15) is 4.79 Å². The highest BCUT2D eigenvalue weighted by Crippen LogP contribution is 2.07. The summed E-state index contributed by atoms with van der Waals surface area (Å²) in [5, 5.41) is 2.65. The molecule has 1 unspecified atom stereocenters. The fraction of sp³-hybridized carbons (Fsp3) is 0.917. The Bertz CT molecular complexity index is 229. The van der Waals surface area contributed by atoms with E-state index in [0.717, 1.165) is 13.1 Å². The summed E-state index contributed by atoms with van der Waals surface area (Å²) in [6, 6.07) is 0.151. The maximum absolute atomic E-state index is 11.3. The van der Waals surface area contributed by atoms with Crippen molar-refractivity contribution in [2.75, 3.05) is 46.8 Å². The molecular formula is C12H26N4O. The first-order chi connectivity index (χ1) is 8.17. The van der Waals surface area contributed by atoms with Gasteiger partial charge in [-0.25, -0.2) is 0 Å². The van der Waals surface area contributed by atoms with E-state index in [4.69, 9.17) is 5.73 Å². The van der Waals surface area contributed by atoms with Crippen molar-refractivity contribution in [3.8, 4) is 0 Å². The lowest BCUT2D eigenvalue weighted by Crippen LogP contribution is -2.44. The minimum atomic E-state index is 0.0634. The molecule has 17 heavy (non-hydrogen) atoms.